The fraction of sp³-hybridized carbons (Fsp3) is 0.344. The minimum Gasteiger partial charge on any atom is -0.311 e. The average Bonchev–Trinajstić information content (AvgIpc) is 3.36. The summed E-state index contributed by atoms with van der Waals surface area (Å²) in [5, 5.41) is 0. The number of benzene rings is 7. The molecule has 0 aromatic heterocycles. The molecule has 2 fully saturated rings. The van der Waals surface area contributed by atoms with Crippen LogP contribution in [0.15, 0.2) is 158 Å². The summed E-state index contributed by atoms with van der Waals surface area (Å²) in [4.78, 5) is 5.33. The fourth-order valence-electron chi connectivity index (χ4n) is 12.5. The van der Waals surface area contributed by atoms with Crippen LogP contribution in [0.25, 0.3) is 0 Å². The van der Waals surface area contributed by atoms with Gasteiger partial charge in [-0.2, -0.15) is 0 Å². The third-order valence-electron chi connectivity index (χ3n) is 16.5. The number of anilines is 6. The molecule has 2 aliphatic carbocycles. The Morgan fingerprint density at radius 2 is 0.881 bits per heavy atom. The number of nitrogens with zero attached hydrogens (tertiary/aromatic N) is 2. The van der Waals surface area contributed by atoms with Gasteiger partial charge in [-0.25, -0.2) is 0 Å². The van der Waals surface area contributed by atoms with Crippen LogP contribution in [0.4, 0.5) is 34.1 Å². The van der Waals surface area contributed by atoms with E-state index < -0.39 is 5.41 Å². The van der Waals surface area contributed by atoms with Gasteiger partial charge in [-0.15, -0.1) is 0 Å². The summed E-state index contributed by atoms with van der Waals surface area (Å²) >= 11 is 0. The molecule has 2 nitrogen and oxygen atoms in total. The molecule has 4 aliphatic rings. The van der Waals surface area contributed by atoms with Crippen molar-refractivity contribution in [2.24, 2.45) is 0 Å². The van der Waals surface area contributed by atoms with Crippen LogP contribution < -0.4 is 26.2 Å². The molecule has 0 radical (unpaired) electrons. The summed E-state index contributed by atoms with van der Waals surface area (Å²) in [6.07, 6.45) is 13.2. The van der Waals surface area contributed by atoms with Crippen molar-refractivity contribution < 1.29 is 0 Å². The number of fused-ring (bicyclic) bond motifs is 4. The Bertz CT molecular complexity index is 2870. The number of rotatable bonds is 7. The van der Waals surface area contributed by atoms with E-state index in [4.69, 9.17) is 0 Å². The molecule has 7 aromatic carbocycles. The monoisotopic (exact) mass is 877 g/mol. The molecule has 0 bridgehead atoms. The highest BCUT2D eigenvalue weighted by Crippen LogP contribution is 2.50. The van der Waals surface area contributed by atoms with Gasteiger partial charge in [0, 0.05) is 39.5 Å². The van der Waals surface area contributed by atoms with Crippen molar-refractivity contribution in [3.63, 3.8) is 0 Å². The molecule has 0 spiro atoms. The van der Waals surface area contributed by atoms with Gasteiger partial charge in [0.15, 0.2) is 0 Å². The first-order valence-corrected chi connectivity index (χ1v) is 25.8. The Morgan fingerprint density at radius 3 is 1.46 bits per heavy atom. The normalized spacial score (nSPS) is 16.7. The predicted molar refractivity (Wildman–Crippen MR) is 288 cm³/mol. The molecule has 11 rings (SSSR count). The van der Waals surface area contributed by atoms with Crippen LogP contribution in [0.3, 0.4) is 0 Å². The van der Waals surface area contributed by atoms with E-state index in [1.54, 1.807) is 0 Å². The standard InChI is InChI=1S/C64H69BN2/c1-62(2,3)50-29-20-30-54(40-50)67-58-41-51(63(4,5)6)34-37-55(58)65-56-39-47(45-23-14-9-15-24-45)33-38-57(56)66(53-35-31-46(32-36-53)44-21-12-8-13-22-44)59-42-52(43-60(67)61(59)65)64(7,48-25-16-10-17-26-48)49-27-18-11-19-28-49/h10-11,16-20,25-45H,8-9,12-15,21-24H2,1-7H3. The largest absolute Gasteiger partial charge is 0.311 e. The van der Waals surface area contributed by atoms with Gasteiger partial charge in [0.05, 0.1) is 0 Å². The van der Waals surface area contributed by atoms with Gasteiger partial charge in [0.1, 0.15) is 0 Å². The third kappa shape index (κ3) is 7.75. The first-order valence-electron chi connectivity index (χ1n) is 25.8. The Kier molecular flexibility index (Phi) is 11.1. The summed E-state index contributed by atoms with van der Waals surface area (Å²) in [6.45, 7) is 16.6. The number of hydrogen-bond donors (Lipinski definition) is 0. The van der Waals surface area contributed by atoms with Crippen molar-refractivity contribution in [3.8, 4) is 0 Å². The van der Waals surface area contributed by atoms with Crippen molar-refractivity contribution in [2.45, 2.75) is 141 Å². The highest BCUT2D eigenvalue weighted by molar-refractivity contribution is 7.00. The lowest BCUT2D eigenvalue weighted by Crippen LogP contribution is -2.61. The van der Waals surface area contributed by atoms with Crippen LogP contribution in [0.2, 0.25) is 0 Å². The number of hydrogen-bond acceptors (Lipinski definition) is 2. The van der Waals surface area contributed by atoms with Crippen LogP contribution in [0.1, 0.15) is 163 Å². The summed E-state index contributed by atoms with van der Waals surface area (Å²) in [6, 6.07) is 62.1. The molecule has 67 heavy (non-hydrogen) atoms. The van der Waals surface area contributed by atoms with Crippen molar-refractivity contribution in [2.75, 3.05) is 9.80 Å². The SMILES string of the molecule is CC(C)(C)c1cccc(N2c3cc(C(C)(C)C)ccc3B3c4cc(C5CCCCC5)ccc4N(c4ccc(C5CCCCC5)cc4)c4cc(C(C)(c5ccccc5)c5ccccc5)cc2c43)c1. The molecule has 0 saturated heterocycles. The van der Waals surface area contributed by atoms with Gasteiger partial charge in [0.2, 0.25) is 0 Å². The van der Waals surface area contributed by atoms with Crippen molar-refractivity contribution in [1.82, 2.24) is 0 Å². The van der Waals surface area contributed by atoms with E-state index in [2.05, 4.69) is 216 Å². The Hall–Kier alpha value is -5.80. The zero-order valence-electron chi connectivity index (χ0n) is 41.2. The quantitative estimate of drug-likeness (QED) is 0.116. The van der Waals surface area contributed by atoms with Gasteiger partial charge < -0.3 is 9.80 Å². The smallest absolute Gasteiger partial charge is 0.252 e. The maximum Gasteiger partial charge on any atom is 0.252 e. The lowest BCUT2D eigenvalue weighted by Gasteiger charge is -2.46. The molecule has 3 heteroatoms. The summed E-state index contributed by atoms with van der Waals surface area (Å²) < 4.78 is 0. The molecule has 338 valence electrons. The third-order valence-corrected chi connectivity index (χ3v) is 16.5. The van der Waals surface area contributed by atoms with E-state index in [1.165, 1.54) is 154 Å². The maximum atomic E-state index is 2.66. The minimum absolute atomic E-state index is 0.0140. The van der Waals surface area contributed by atoms with E-state index in [9.17, 15) is 0 Å². The van der Waals surface area contributed by atoms with Gasteiger partial charge in [-0.3, -0.25) is 0 Å². The van der Waals surface area contributed by atoms with Gasteiger partial charge in [-0.1, -0.05) is 189 Å². The molecule has 0 amide bonds. The Balaban J connectivity index is 1.25. The zero-order valence-corrected chi connectivity index (χ0v) is 41.2. The van der Waals surface area contributed by atoms with Crippen LogP contribution >= 0.6 is 0 Å². The molecular weight excluding hydrogens is 808 g/mol. The Morgan fingerprint density at radius 1 is 0.373 bits per heavy atom. The van der Waals surface area contributed by atoms with Crippen molar-refractivity contribution in [1.29, 1.82) is 0 Å². The zero-order chi connectivity index (χ0) is 46.1. The highest BCUT2D eigenvalue weighted by Gasteiger charge is 2.46. The lowest BCUT2D eigenvalue weighted by molar-refractivity contribution is 0.443. The van der Waals surface area contributed by atoms with Gasteiger partial charge in [0.25, 0.3) is 6.71 Å². The van der Waals surface area contributed by atoms with E-state index in [-0.39, 0.29) is 17.5 Å². The highest BCUT2D eigenvalue weighted by atomic mass is 15.2. The first-order chi connectivity index (χ1) is 32.4. The van der Waals surface area contributed by atoms with E-state index in [1.807, 2.05) is 0 Å². The van der Waals surface area contributed by atoms with Gasteiger partial charge in [-0.05, 0) is 159 Å². The first kappa shape index (κ1) is 43.8. The maximum absolute atomic E-state index is 2.66. The van der Waals surface area contributed by atoms with Crippen molar-refractivity contribution in [3.05, 3.63) is 197 Å². The van der Waals surface area contributed by atoms with Gasteiger partial charge >= 0.3 is 0 Å². The summed E-state index contributed by atoms with van der Waals surface area (Å²) in [5.41, 5.74) is 20.9. The molecule has 0 unspecified atom stereocenters. The van der Waals surface area contributed by atoms with E-state index in [0.717, 1.165) is 0 Å². The molecule has 0 atom stereocenters. The average molecular weight is 877 g/mol. The van der Waals surface area contributed by atoms with E-state index >= 15 is 0 Å². The molecule has 2 heterocycles. The van der Waals surface area contributed by atoms with Crippen LogP contribution in [0.5, 0.6) is 0 Å². The van der Waals surface area contributed by atoms with Crippen LogP contribution in [-0.2, 0) is 16.2 Å². The summed E-state index contributed by atoms with van der Waals surface area (Å²) in [7, 11) is 0. The molecular formula is C64H69BN2. The van der Waals surface area contributed by atoms with Crippen molar-refractivity contribution >= 4 is 57.2 Å². The van der Waals surface area contributed by atoms with E-state index in [0.29, 0.717) is 11.8 Å². The second-order valence-corrected chi connectivity index (χ2v) is 22.8. The molecule has 2 saturated carbocycles. The topological polar surface area (TPSA) is 6.48 Å². The second-order valence-electron chi connectivity index (χ2n) is 22.8. The molecule has 7 aromatic rings. The minimum atomic E-state index is -0.461. The van der Waals surface area contributed by atoms with Crippen LogP contribution in [-0.4, -0.2) is 6.71 Å². The molecule has 2 aliphatic heterocycles. The lowest BCUT2D eigenvalue weighted by atomic mass is 9.33. The Labute approximate surface area is 402 Å². The predicted octanol–water partition coefficient (Wildman–Crippen LogP) is 15.8. The fourth-order valence-corrected chi connectivity index (χ4v) is 12.5. The molecule has 0 N–H and O–H groups in total. The summed E-state index contributed by atoms with van der Waals surface area (Å²) in [5.74, 6) is 1.25. The second kappa shape index (κ2) is 17.1. The van der Waals surface area contributed by atoms with Crippen LogP contribution in [0, 0.1) is 0 Å².